The number of likely N-dealkylation sites (N-methyl/N-ethyl adjacent to an activating group) is 1. The number of hydrogen-bond acceptors (Lipinski definition) is 3. The van der Waals surface area contributed by atoms with Crippen molar-refractivity contribution in [3.05, 3.63) is 28.8 Å². The molecule has 1 fully saturated rings. The van der Waals surface area contributed by atoms with E-state index in [9.17, 15) is 8.42 Å². The number of halogens is 1. The molecular weight excluding hydrogens is 308 g/mol. The van der Waals surface area contributed by atoms with Crippen molar-refractivity contribution in [3.8, 4) is 0 Å². The molecule has 1 heterocycles. The molecule has 1 saturated heterocycles. The molecule has 120 valence electrons. The molecule has 1 aliphatic heterocycles. The Labute approximate surface area is 134 Å². The molecule has 6 heteroatoms. The lowest BCUT2D eigenvalue weighted by Gasteiger charge is -2.32. The lowest BCUT2D eigenvalue weighted by atomic mass is 10.1. The maximum Gasteiger partial charge on any atom is 0.243 e. The highest BCUT2D eigenvalue weighted by Gasteiger charge is 2.31. The van der Waals surface area contributed by atoms with E-state index < -0.39 is 10.0 Å². The van der Waals surface area contributed by atoms with Gasteiger partial charge in [0, 0.05) is 19.1 Å². The fourth-order valence-corrected chi connectivity index (χ4v) is 5.03. The van der Waals surface area contributed by atoms with Gasteiger partial charge in [0.2, 0.25) is 10.0 Å². The molecule has 0 spiro atoms. The number of nitrogens with zero attached hydrogens (tertiary/aromatic N) is 1. The van der Waals surface area contributed by atoms with Gasteiger partial charge >= 0.3 is 0 Å². The van der Waals surface area contributed by atoms with Crippen molar-refractivity contribution in [2.75, 3.05) is 20.1 Å². The molecule has 0 aromatic heterocycles. The van der Waals surface area contributed by atoms with Gasteiger partial charge in [-0.2, -0.15) is 4.31 Å². The second-order valence-corrected chi connectivity index (χ2v) is 7.59. The summed E-state index contributed by atoms with van der Waals surface area (Å²) >= 11 is 0. The fourth-order valence-electron chi connectivity index (χ4n) is 3.10. The second kappa shape index (κ2) is 7.09. The van der Waals surface area contributed by atoms with Gasteiger partial charge in [0.1, 0.15) is 0 Å². The minimum atomic E-state index is -3.39. The van der Waals surface area contributed by atoms with E-state index in [0.29, 0.717) is 18.0 Å². The minimum Gasteiger partial charge on any atom is -0.316 e. The Bertz CT molecular complexity index is 579. The first-order chi connectivity index (χ1) is 9.36. The van der Waals surface area contributed by atoms with Crippen molar-refractivity contribution >= 4 is 22.4 Å². The van der Waals surface area contributed by atoms with Gasteiger partial charge < -0.3 is 5.32 Å². The summed E-state index contributed by atoms with van der Waals surface area (Å²) in [6, 6.07) is 4.14. The van der Waals surface area contributed by atoms with Crippen LogP contribution in [0.2, 0.25) is 0 Å². The Balaban J connectivity index is 0.00000220. The predicted octanol–water partition coefficient (Wildman–Crippen LogP) is 2.41. The van der Waals surface area contributed by atoms with Crippen LogP contribution in [0.5, 0.6) is 0 Å². The summed E-state index contributed by atoms with van der Waals surface area (Å²) in [4.78, 5) is 0.486. The van der Waals surface area contributed by atoms with Gasteiger partial charge in [-0.3, -0.25) is 0 Å². The van der Waals surface area contributed by atoms with E-state index in [1.807, 2.05) is 40.0 Å². The van der Waals surface area contributed by atoms with Gasteiger partial charge in [0.05, 0.1) is 4.90 Å². The minimum absolute atomic E-state index is 0. The first kappa shape index (κ1) is 18.4. The van der Waals surface area contributed by atoms with E-state index in [2.05, 4.69) is 5.32 Å². The van der Waals surface area contributed by atoms with Crippen LogP contribution in [0.25, 0.3) is 0 Å². The number of benzene rings is 1. The van der Waals surface area contributed by atoms with Crippen LogP contribution >= 0.6 is 12.4 Å². The molecule has 1 aromatic carbocycles. The van der Waals surface area contributed by atoms with E-state index >= 15 is 0 Å². The maximum atomic E-state index is 12.9. The zero-order chi connectivity index (χ0) is 14.9. The Morgan fingerprint density at radius 3 is 2.29 bits per heavy atom. The fraction of sp³-hybridized carbons (Fsp3) is 0.600. The summed E-state index contributed by atoms with van der Waals surface area (Å²) in [6.45, 7) is 6.94. The topological polar surface area (TPSA) is 49.4 Å². The van der Waals surface area contributed by atoms with E-state index in [0.717, 1.165) is 29.5 Å². The van der Waals surface area contributed by atoms with Crippen molar-refractivity contribution in [2.24, 2.45) is 0 Å². The summed E-state index contributed by atoms with van der Waals surface area (Å²) in [5.74, 6) is 0. The third-order valence-electron chi connectivity index (χ3n) is 3.99. The van der Waals surface area contributed by atoms with Crippen molar-refractivity contribution < 1.29 is 8.42 Å². The summed E-state index contributed by atoms with van der Waals surface area (Å²) in [5, 5.41) is 3.19. The SMILES string of the molecule is CNC1CCCN(S(=O)(=O)c2c(C)cc(C)cc2C)C1.Cl. The molecule has 0 radical (unpaired) electrons. The molecule has 1 atom stereocenters. The van der Waals surface area contributed by atoms with Crippen molar-refractivity contribution in [1.82, 2.24) is 9.62 Å². The lowest BCUT2D eigenvalue weighted by molar-refractivity contribution is 0.292. The number of hydrogen-bond donors (Lipinski definition) is 1. The van der Waals surface area contributed by atoms with E-state index in [-0.39, 0.29) is 18.4 Å². The zero-order valence-electron chi connectivity index (χ0n) is 13.1. The lowest BCUT2D eigenvalue weighted by Crippen LogP contribution is -2.47. The third-order valence-corrected chi connectivity index (χ3v) is 6.17. The highest BCUT2D eigenvalue weighted by atomic mass is 35.5. The zero-order valence-corrected chi connectivity index (χ0v) is 14.8. The normalized spacial score (nSPS) is 20.1. The summed E-state index contributed by atoms with van der Waals surface area (Å²) in [7, 11) is -1.50. The Hall–Kier alpha value is -0.620. The molecule has 0 aliphatic carbocycles. The smallest absolute Gasteiger partial charge is 0.243 e. The quantitative estimate of drug-likeness (QED) is 0.924. The summed E-state index contributed by atoms with van der Waals surface area (Å²) < 4.78 is 27.4. The number of piperidine rings is 1. The van der Waals surface area contributed by atoms with E-state index in [1.165, 1.54) is 0 Å². The standard InChI is InChI=1S/C15H24N2O2S.ClH/c1-11-8-12(2)15(13(3)9-11)20(18,19)17-7-5-6-14(10-17)16-4;/h8-9,14,16H,5-7,10H2,1-4H3;1H. The van der Waals surface area contributed by atoms with Gasteiger partial charge in [-0.25, -0.2) is 8.42 Å². The highest BCUT2D eigenvalue weighted by molar-refractivity contribution is 7.89. The summed E-state index contributed by atoms with van der Waals surface area (Å²) in [5.41, 5.74) is 2.79. The van der Waals surface area contributed by atoms with Gasteiger partial charge in [0.25, 0.3) is 0 Å². The highest BCUT2D eigenvalue weighted by Crippen LogP contribution is 2.27. The van der Waals surface area contributed by atoms with Gasteiger partial charge in [0.15, 0.2) is 0 Å². The maximum absolute atomic E-state index is 12.9. The van der Waals surface area contributed by atoms with Gasteiger partial charge in [-0.15, -0.1) is 12.4 Å². The predicted molar refractivity (Wildman–Crippen MR) is 88.7 cm³/mol. The van der Waals surface area contributed by atoms with Crippen LogP contribution in [0, 0.1) is 20.8 Å². The molecule has 0 saturated carbocycles. The van der Waals surface area contributed by atoms with Crippen LogP contribution < -0.4 is 5.32 Å². The first-order valence-corrected chi connectivity index (χ1v) is 8.55. The molecule has 4 nitrogen and oxygen atoms in total. The van der Waals surface area contributed by atoms with Crippen LogP contribution in [-0.2, 0) is 10.0 Å². The Morgan fingerprint density at radius 2 is 1.76 bits per heavy atom. The third kappa shape index (κ3) is 3.77. The molecule has 0 bridgehead atoms. The molecule has 1 aromatic rings. The molecular formula is C15H25ClN2O2S. The number of sulfonamides is 1. The molecule has 2 rings (SSSR count). The van der Waals surface area contributed by atoms with Crippen LogP contribution in [0.4, 0.5) is 0 Å². The van der Waals surface area contributed by atoms with E-state index in [4.69, 9.17) is 0 Å². The summed E-state index contributed by atoms with van der Waals surface area (Å²) in [6.07, 6.45) is 1.95. The molecule has 1 N–H and O–H groups in total. The van der Waals surface area contributed by atoms with Crippen LogP contribution in [-0.4, -0.2) is 38.9 Å². The monoisotopic (exact) mass is 332 g/mol. The molecule has 0 amide bonds. The number of aryl methyl sites for hydroxylation is 3. The average molecular weight is 333 g/mol. The Kier molecular flexibility index (Phi) is 6.23. The van der Waals surface area contributed by atoms with Crippen molar-refractivity contribution in [2.45, 2.75) is 44.6 Å². The molecule has 21 heavy (non-hydrogen) atoms. The van der Waals surface area contributed by atoms with Crippen molar-refractivity contribution in [1.29, 1.82) is 0 Å². The number of rotatable bonds is 3. The largest absolute Gasteiger partial charge is 0.316 e. The van der Waals surface area contributed by atoms with Crippen LogP contribution in [0.1, 0.15) is 29.5 Å². The van der Waals surface area contributed by atoms with Crippen molar-refractivity contribution in [3.63, 3.8) is 0 Å². The van der Waals surface area contributed by atoms with Gasteiger partial charge in [-0.05, 0) is 51.8 Å². The molecule has 1 aliphatic rings. The molecule has 1 unspecified atom stereocenters. The first-order valence-electron chi connectivity index (χ1n) is 7.11. The van der Waals surface area contributed by atoms with E-state index in [1.54, 1.807) is 4.31 Å². The second-order valence-electron chi connectivity index (χ2n) is 5.72. The van der Waals surface area contributed by atoms with Gasteiger partial charge in [-0.1, -0.05) is 17.7 Å². The van der Waals surface area contributed by atoms with Crippen LogP contribution in [0.15, 0.2) is 17.0 Å². The number of nitrogens with one attached hydrogen (secondary N) is 1. The Morgan fingerprint density at radius 1 is 1.19 bits per heavy atom. The van der Waals surface area contributed by atoms with Crippen LogP contribution in [0.3, 0.4) is 0 Å². The average Bonchev–Trinajstić information content (AvgIpc) is 2.37.